The highest BCUT2D eigenvalue weighted by atomic mass is 35.5. The van der Waals surface area contributed by atoms with Gasteiger partial charge in [-0.25, -0.2) is 18.7 Å². The van der Waals surface area contributed by atoms with Gasteiger partial charge in [-0.3, -0.25) is 9.36 Å². The molecule has 0 aliphatic carbocycles. The van der Waals surface area contributed by atoms with Gasteiger partial charge in [0, 0.05) is 47.0 Å². The number of hydrogen-bond acceptors (Lipinski definition) is 14. The molecule has 0 unspecified atom stereocenters. The minimum atomic E-state index is -0.665. The van der Waals surface area contributed by atoms with E-state index in [0.29, 0.717) is 38.8 Å². The van der Waals surface area contributed by atoms with Gasteiger partial charge in [0.25, 0.3) is 23.6 Å². The molecule has 8 aromatic rings. The lowest BCUT2D eigenvalue weighted by atomic mass is 10.1. The second-order valence-electron chi connectivity index (χ2n) is 14.7. The number of aromatic nitrogens is 10. The molecule has 10 rings (SSSR count). The minimum Gasteiger partial charge on any atom is -0.416 e. The molecule has 16 nitrogen and oxygen atoms in total. The van der Waals surface area contributed by atoms with Crippen LogP contribution in [0.4, 0.5) is 20.4 Å². The van der Waals surface area contributed by atoms with Crippen LogP contribution in [0.3, 0.4) is 0 Å². The highest BCUT2D eigenvalue weighted by Gasteiger charge is 2.22. The second kappa shape index (κ2) is 17.8. The van der Waals surface area contributed by atoms with Gasteiger partial charge >= 0.3 is 0 Å². The molecule has 2 saturated heterocycles. The first-order valence-corrected chi connectivity index (χ1v) is 20.5. The van der Waals surface area contributed by atoms with E-state index in [1.165, 1.54) is 0 Å². The topological polar surface area (TPSA) is 215 Å². The Kier molecular flexibility index (Phi) is 11.7. The first-order valence-electron chi connectivity index (χ1n) is 19.8. The Morgan fingerprint density at radius 2 is 1.05 bits per heavy atom. The summed E-state index contributed by atoms with van der Waals surface area (Å²) in [7, 11) is 0. The van der Waals surface area contributed by atoms with Crippen molar-refractivity contribution in [3.8, 4) is 68.1 Å². The summed E-state index contributed by atoms with van der Waals surface area (Å²) in [6.45, 7) is 3.95. The predicted octanol–water partition coefficient (Wildman–Crippen LogP) is 7.92. The van der Waals surface area contributed by atoms with Crippen LogP contribution in [0.25, 0.3) is 68.1 Å². The molecule has 2 aliphatic heterocycles. The van der Waals surface area contributed by atoms with Gasteiger partial charge < -0.3 is 30.9 Å². The molecular weight excluding hydrogens is 841 g/mol. The Hall–Kier alpha value is -6.60. The fourth-order valence-corrected chi connectivity index (χ4v) is 7.92. The predicted molar refractivity (Wildman–Crippen MR) is 229 cm³/mol. The molecule has 0 radical (unpaired) electrons. The number of hydrogen-bond donors (Lipinski definition) is 4. The molecule has 2 fully saturated rings. The summed E-state index contributed by atoms with van der Waals surface area (Å²) in [5.74, 6) is -0.421. The number of piperidine rings is 2. The Morgan fingerprint density at radius 3 is 1.56 bits per heavy atom. The van der Waals surface area contributed by atoms with Crippen molar-refractivity contribution in [2.75, 3.05) is 37.6 Å². The molecule has 316 valence electrons. The van der Waals surface area contributed by atoms with Crippen molar-refractivity contribution >= 4 is 34.8 Å². The zero-order valence-electron chi connectivity index (χ0n) is 32.8. The van der Waals surface area contributed by atoms with E-state index in [-0.39, 0.29) is 40.8 Å². The van der Waals surface area contributed by atoms with Gasteiger partial charge in [-0.2, -0.15) is 10.2 Å². The number of rotatable bonds is 8. The number of benzene rings is 2. The van der Waals surface area contributed by atoms with Crippen LogP contribution in [-0.4, -0.2) is 76.1 Å². The summed E-state index contributed by atoms with van der Waals surface area (Å²) in [5, 5.41) is 32.7. The third kappa shape index (κ3) is 8.62. The minimum absolute atomic E-state index is 0.0660. The molecule has 2 aromatic carbocycles. The molecule has 0 bridgehead atoms. The quantitative estimate of drug-likeness (QED) is 0.114. The number of nitrogen functional groups attached to an aromatic ring is 2. The largest absolute Gasteiger partial charge is 0.416 e. The van der Waals surface area contributed by atoms with Crippen LogP contribution in [0, 0.1) is 11.6 Å². The molecule has 6 N–H and O–H groups in total. The Morgan fingerprint density at radius 1 is 0.581 bits per heavy atom. The number of nitrogens with zero attached hydrogens (tertiary/aromatic N) is 10. The SMILES string of the molecule is Nc1ncc(-c2cnn(C3CCNCC3)c2)cc1-c1nnc(-c2c(Cl)cccc2Cl)o1.Nc1ncc(-c2cnn(C3CCNCC3)c2)cc1-c1nnc(-c2cc(F)ccc2F)o1. The first-order chi connectivity index (χ1) is 30.2. The lowest BCUT2D eigenvalue weighted by Gasteiger charge is -2.22. The van der Waals surface area contributed by atoms with Crippen LogP contribution in [0.1, 0.15) is 37.8 Å². The molecule has 0 spiro atoms. The van der Waals surface area contributed by atoms with Crippen molar-refractivity contribution in [1.82, 2.24) is 60.6 Å². The Bertz CT molecular complexity index is 2830. The zero-order valence-corrected chi connectivity index (χ0v) is 34.4. The van der Waals surface area contributed by atoms with E-state index < -0.39 is 11.6 Å². The summed E-state index contributed by atoms with van der Waals surface area (Å²) in [6.07, 6.45) is 15.1. The average molecular weight is 880 g/mol. The Labute approximate surface area is 362 Å². The van der Waals surface area contributed by atoms with E-state index >= 15 is 0 Å². The van der Waals surface area contributed by atoms with Gasteiger partial charge in [-0.05, 0) is 94.3 Å². The van der Waals surface area contributed by atoms with E-state index in [9.17, 15) is 8.78 Å². The van der Waals surface area contributed by atoms with Gasteiger partial charge in [-0.15, -0.1) is 20.4 Å². The third-order valence-corrected chi connectivity index (χ3v) is 11.3. The maximum Gasteiger partial charge on any atom is 0.251 e. The number of anilines is 2. The summed E-state index contributed by atoms with van der Waals surface area (Å²) in [5.41, 5.74) is 16.9. The van der Waals surface area contributed by atoms with E-state index in [4.69, 9.17) is 43.5 Å². The third-order valence-electron chi connectivity index (χ3n) is 10.7. The van der Waals surface area contributed by atoms with Gasteiger partial charge in [0.1, 0.15) is 23.3 Å². The monoisotopic (exact) mass is 878 g/mol. The highest BCUT2D eigenvalue weighted by molar-refractivity contribution is 6.38. The molecule has 8 heterocycles. The average Bonchev–Trinajstić information content (AvgIpc) is 4.14. The highest BCUT2D eigenvalue weighted by Crippen LogP contribution is 2.37. The summed E-state index contributed by atoms with van der Waals surface area (Å²) >= 11 is 12.5. The standard InChI is InChI=1S/C21H19Cl2N7O.C21H19F2N7O/c22-16-2-1-3-17(23)18(16)21-29-28-20(31-21)15-8-12(9-26-19(15)24)13-10-27-30(11-13)14-4-6-25-7-5-14;22-14-1-2-18(23)16(8-14)20-28-29-21(31-20)17-7-12(9-26-19(17)24)13-10-27-30(11-13)15-3-5-25-6-4-15/h1-3,8-11,14,25H,4-7H2,(H2,24,26);1-2,7-11,15,25H,3-6H2,(H2,24,26). The summed E-state index contributed by atoms with van der Waals surface area (Å²) in [6, 6.07) is 12.6. The van der Waals surface area contributed by atoms with Crippen LogP contribution in [0.15, 0.2) is 94.5 Å². The molecule has 20 heteroatoms. The van der Waals surface area contributed by atoms with Crippen molar-refractivity contribution in [2.45, 2.75) is 37.8 Å². The first kappa shape index (κ1) is 40.8. The van der Waals surface area contributed by atoms with Crippen molar-refractivity contribution < 1.29 is 17.6 Å². The lowest BCUT2D eigenvalue weighted by molar-refractivity contribution is 0.343. The zero-order chi connectivity index (χ0) is 42.7. The fourth-order valence-electron chi connectivity index (χ4n) is 7.36. The maximum atomic E-state index is 14.0. The number of halogens is 4. The smallest absolute Gasteiger partial charge is 0.251 e. The maximum absolute atomic E-state index is 14.0. The number of pyridine rings is 2. The van der Waals surface area contributed by atoms with Crippen LogP contribution >= 0.6 is 23.2 Å². The lowest BCUT2D eigenvalue weighted by Crippen LogP contribution is -2.29. The molecule has 0 atom stereocenters. The fraction of sp³-hybridized carbons (Fsp3) is 0.238. The molecule has 62 heavy (non-hydrogen) atoms. The summed E-state index contributed by atoms with van der Waals surface area (Å²) in [4.78, 5) is 8.56. The van der Waals surface area contributed by atoms with Crippen LogP contribution in [-0.2, 0) is 0 Å². The number of nitrogens with two attached hydrogens (primary N) is 2. The normalized spacial score (nSPS) is 14.8. The van der Waals surface area contributed by atoms with Gasteiger partial charge in [0.2, 0.25) is 0 Å². The van der Waals surface area contributed by atoms with E-state index in [1.54, 1.807) is 42.9 Å². The van der Waals surface area contributed by atoms with Crippen molar-refractivity contribution in [2.24, 2.45) is 0 Å². The number of nitrogens with one attached hydrogen (secondary N) is 2. The molecule has 0 saturated carbocycles. The van der Waals surface area contributed by atoms with Gasteiger partial charge in [-0.1, -0.05) is 29.3 Å². The molecule has 0 amide bonds. The molecule has 2 aliphatic rings. The Balaban J connectivity index is 0.000000158. The van der Waals surface area contributed by atoms with Crippen molar-refractivity contribution in [3.05, 3.63) is 107 Å². The van der Waals surface area contributed by atoms with Crippen LogP contribution in [0.2, 0.25) is 10.0 Å². The summed E-state index contributed by atoms with van der Waals surface area (Å²) < 4.78 is 43.0. The van der Waals surface area contributed by atoms with E-state index in [2.05, 4.69) is 51.2 Å². The molecular formula is C42H38Cl2F2N14O2. The van der Waals surface area contributed by atoms with Crippen LogP contribution < -0.4 is 22.1 Å². The molecule has 6 aromatic heterocycles. The van der Waals surface area contributed by atoms with Crippen LogP contribution in [0.5, 0.6) is 0 Å². The van der Waals surface area contributed by atoms with Gasteiger partial charge in [0.15, 0.2) is 0 Å². The van der Waals surface area contributed by atoms with Crippen molar-refractivity contribution in [1.29, 1.82) is 0 Å². The second-order valence-corrected chi connectivity index (χ2v) is 15.6. The van der Waals surface area contributed by atoms with Gasteiger partial charge in [0.05, 0.1) is 56.8 Å². The van der Waals surface area contributed by atoms with Crippen molar-refractivity contribution in [3.63, 3.8) is 0 Å². The van der Waals surface area contributed by atoms with E-state index in [0.717, 1.165) is 92.3 Å². The van der Waals surface area contributed by atoms with E-state index in [1.807, 2.05) is 34.0 Å².